The molecule has 0 radical (unpaired) electrons. The van der Waals surface area contributed by atoms with Gasteiger partial charge >= 0.3 is 0 Å². The molecular weight excluding hydrogens is 232 g/mol. The third-order valence-corrected chi connectivity index (χ3v) is 4.55. The highest BCUT2D eigenvalue weighted by Crippen LogP contribution is 2.23. The highest BCUT2D eigenvalue weighted by Gasteiger charge is 2.20. The Morgan fingerprint density at radius 3 is 2.21 bits per heavy atom. The molecule has 1 unspecified atom stereocenters. The molecule has 1 aliphatic rings. The van der Waals surface area contributed by atoms with Crippen molar-refractivity contribution in [3.8, 4) is 0 Å². The Morgan fingerprint density at radius 2 is 1.68 bits per heavy atom. The van der Waals surface area contributed by atoms with Gasteiger partial charge in [-0.25, -0.2) is 0 Å². The zero-order valence-corrected chi connectivity index (χ0v) is 14.0. The molecule has 2 heteroatoms. The maximum Gasteiger partial charge on any atom is 0.00965 e. The summed E-state index contributed by atoms with van der Waals surface area (Å²) in [5, 5.41) is 3.59. The molecule has 0 aromatic heterocycles. The van der Waals surface area contributed by atoms with Gasteiger partial charge in [0.25, 0.3) is 0 Å². The van der Waals surface area contributed by atoms with E-state index in [0.29, 0.717) is 0 Å². The minimum atomic E-state index is 0.260. The molecule has 0 saturated heterocycles. The fourth-order valence-electron chi connectivity index (χ4n) is 3.09. The summed E-state index contributed by atoms with van der Waals surface area (Å²) >= 11 is 0. The van der Waals surface area contributed by atoms with E-state index in [1.54, 1.807) is 0 Å². The second kappa shape index (κ2) is 8.26. The van der Waals surface area contributed by atoms with Gasteiger partial charge in [-0.1, -0.05) is 25.7 Å². The van der Waals surface area contributed by atoms with Crippen molar-refractivity contribution in [1.29, 1.82) is 0 Å². The van der Waals surface area contributed by atoms with Gasteiger partial charge in [-0.15, -0.1) is 0 Å². The molecule has 114 valence electrons. The minimum absolute atomic E-state index is 0.260. The zero-order valence-electron chi connectivity index (χ0n) is 14.0. The molecule has 0 aliphatic heterocycles. The van der Waals surface area contributed by atoms with Crippen molar-refractivity contribution < 1.29 is 0 Å². The van der Waals surface area contributed by atoms with Gasteiger partial charge in [0.2, 0.25) is 0 Å². The van der Waals surface area contributed by atoms with Gasteiger partial charge in [-0.2, -0.15) is 0 Å². The van der Waals surface area contributed by atoms with Crippen LogP contribution in [0.4, 0.5) is 0 Å². The van der Waals surface area contributed by atoms with Crippen molar-refractivity contribution in [2.75, 3.05) is 13.6 Å². The highest BCUT2D eigenvalue weighted by atomic mass is 15.2. The SMILES string of the molecule is CC(CCCNC(C)(C)C)N(C)C1CCCCCC1. The van der Waals surface area contributed by atoms with Crippen LogP contribution in [-0.4, -0.2) is 36.1 Å². The van der Waals surface area contributed by atoms with Gasteiger partial charge in [0.1, 0.15) is 0 Å². The summed E-state index contributed by atoms with van der Waals surface area (Å²) in [5.74, 6) is 0. The van der Waals surface area contributed by atoms with E-state index in [1.165, 1.54) is 51.4 Å². The molecule has 0 bridgehead atoms. The van der Waals surface area contributed by atoms with Crippen LogP contribution in [0.5, 0.6) is 0 Å². The normalized spacial score (nSPS) is 20.5. The standard InChI is InChI=1S/C17H36N2/c1-15(11-10-14-18-17(2,3)4)19(5)16-12-8-6-7-9-13-16/h15-16,18H,6-14H2,1-5H3. The van der Waals surface area contributed by atoms with Crippen LogP contribution in [0, 0.1) is 0 Å². The predicted molar refractivity (Wildman–Crippen MR) is 85.7 cm³/mol. The molecule has 1 rings (SSSR count). The van der Waals surface area contributed by atoms with E-state index >= 15 is 0 Å². The largest absolute Gasteiger partial charge is 0.312 e. The molecular formula is C17H36N2. The summed E-state index contributed by atoms with van der Waals surface area (Å²) in [6.45, 7) is 10.3. The Balaban J connectivity index is 2.21. The molecule has 1 N–H and O–H groups in total. The molecule has 1 fully saturated rings. The quantitative estimate of drug-likeness (QED) is 0.574. The lowest BCUT2D eigenvalue weighted by Crippen LogP contribution is -2.40. The first kappa shape index (κ1) is 17.0. The molecule has 1 aliphatic carbocycles. The van der Waals surface area contributed by atoms with Gasteiger partial charge in [0.05, 0.1) is 0 Å². The number of nitrogens with one attached hydrogen (secondary N) is 1. The second-order valence-corrected chi connectivity index (χ2v) is 7.48. The first-order valence-electron chi connectivity index (χ1n) is 8.37. The molecule has 0 aromatic rings. The Bertz CT molecular complexity index is 224. The molecule has 0 spiro atoms. The average Bonchev–Trinajstić information content (AvgIpc) is 2.61. The summed E-state index contributed by atoms with van der Waals surface area (Å²) in [6.07, 6.45) is 11.2. The number of hydrogen-bond donors (Lipinski definition) is 1. The smallest absolute Gasteiger partial charge is 0.00965 e. The Kier molecular flexibility index (Phi) is 7.38. The maximum atomic E-state index is 3.59. The second-order valence-electron chi connectivity index (χ2n) is 7.48. The van der Waals surface area contributed by atoms with Crippen molar-refractivity contribution in [2.45, 2.75) is 96.7 Å². The third-order valence-electron chi connectivity index (χ3n) is 4.55. The van der Waals surface area contributed by atoms with Gasteiger partial charge in [-0.3, -0.25) is 0 Å². The number of nitrogens with zero attached hydrogens (tertiary/aromatic N) is 1. The van der Waals surface area contributed by atoms with E-state index in [-0.39, 0.29) is 5.54 Å². The monoisotopic (exact) mass is 268 g/mol. The van der Waals surface area contributed by atoms with Gasteiger partial charge in [-0.05, 0) is 67.0 Å². The summed E-state index contributed by atoms with van der Waals surface area (Å²) in [4.78, 5) is 2.66. The van der Waals surface area contributed by atoms with E-state index < -0.39 is 0 Å². The molecule has 2 nitrogen and oxygen atoms in total. The van der Waals surface area contributed by atoms with Crippen molar-refractivity contribution in [3.05, 3.63) is 0 Å². The van der Waals surface area contributed by atoms with Crippen LogP contribution < -0.4 is 5.32 Å². The van der Waals surface area contributed by atoms with Crippen LogP contribution in [-0.2, 0) is 0 Å². The predicted octanol–water partition coefficient (Wildman–Crippen LogP) is 4.20. The third kappa shape index (κ3) is 7.31. The summed E-state index contributed by atoms with van der Waals surface area (Å²) in [5.41, 5.74) is 0.260. The van der Waals surface area contributed by atoms with Crippen molar-refractivity contribution in [2.24, 2.45) is 0 Å². The fraction of sp³-hybridized carbons (Fsp3) is 1.00. The minimum Gasteiger partial charge on any atom is -0.312 e. The van der Waals surface area contributed by atoms with E-state index in [4.69, 9.17) is 0 Å². The Labute approximate surface area is 121 Å². The molecule has 0 aromatic carbocycles. The van der Waals surface area contributed by atoms with Crippen LogP contribution in [0.25, 0.3) is 0 Å². The van der Waals surface area contributed by atoms with Crippen LogP contribution in [0.15, 0.2) is 0 Å². The van der Waals surface area contributed by atoms with E-state index in [2.05, 4.69) is 45.0 Å². The lowest BCUT2D eigenvalue weighted by Gasteiger charge is -2.33. The summed E-state index contributed by atoms with van der Waals surface area (Å²) < 4.78 is 0. The van der Waals surface area contributed by atoms with Gasteiger partial charge < -0.3 is 10.2 Å². The van der Waals surface area contributed by atoms with E-state index in [9.17, 15) is 0 Å². The van der Waals surface area contributed by atoms with Crippen LogP contribution in [0.2, 0.25) is 0 Å². The van der Waals surface area contributed by atoms with Crippen molar-refractivity contribution in [1.82, 2.24) is 10.2 Å². The number of hydrogen-bond acceptors (Lipinski definition) is 2. The van der Waals surface area contributed by atoms with Gasteiger partial charge in [0.15, 0.2) is 0 Å². The van der Waals surface area contributed by atoms with Crippen LogP contribution in [0.3, 0.4) is 0 Å². The summed E-state index contributed by atoms with van der Waals surface area (Å²) in [6, 6.07) is 1.57. The lowest BCUT2D eigenvalue weighted by atomic mass is 10.0. The van der Waals surface area contributed by atoms with Crippen molar-refractivity contribution >= 4 is 0 Å². The van der Waals surface area contributed by atoms with E-state index in [0.717, 1.165) is 18.6 Å². The van der Waals surface area contributed by atoms with Crippen LogP contribution in [0.1, 0.15) is 79.1 Å². The first-order valence-corrected chi connectivity index (χ1v) is 8.37. The van der Waals surface area contributed by atoms with Crippen molar-refractivity contribution in [3.63, 3.8) is 0 Å². The topological polar surface area (TPSA) is 15.3 Å². The number of rotatable bonds is 6. The highest BCUT2D eigenvalue weighted by molar-refractivity contribution is 4.77. The Hall–Kier alpha value is -0.0800. The Morgan fingerprint density at radius 1 is 1.11 bits per heavy atom. The molecule has 1 saturated carbocycles. The van der Waals surface area contributed by atoms with Gasteiger partial charge in [0, 0.05) is 17.6 Å². The van der Waals surface area contributed by atoms with Crippen LogP contribution >= 0.6 is 0 Å². The molecule has 0 amide bonds. The average molecular weight is 268 g/mol. The molecule has 19 heavy (non-hydrogen) atoms. The first-order chi connectivity index (χ1) is 8.90. The summed E-state index contributed by atoms with van der Waals surface area (Å²) in [7, 11) is 2.35. The zero-order chi connectivity index (χ0) is 14.3. The fourth-order valence-corrected chi connectivity index (χ4v) is 3.09. The molecule has 1 atom stereocenters. The van der Waals surface area contributed by atoms with E-state index in [1.807, 2.05) is 0 Å². The lowest BCUT2D eigenvalue weighted by molar-refractivity contribution is 0.158. The molecule has 0 heterocycles. The maximum absolute atomic E-state index is 3.59.